The maximum Gasteiger partial charge on any atom is 0.150 e. The maximum absolute atomic E-state index is 5.94. The van der Waals surface area contributed by atoms with Gasteiger partial charge in [0.1, 0.15) is 0 Å². The van der Waals surface area contributed by atoms with Gasteiger partial charge in [-0.25, -0.2) is 4.98 Å². The summed E-state index contributed by atoms with van der Waals surface area (Å²) < 4.78 is 0. The van der Waals surface area contributed by atoms with E-state index in [1.165, 1.54) is 0 Å². The molecule has 84 valence electrons. The monoisotopic (exact) mass is 227 g/mol. The van der Waals surface area contributed by atoms with Crippen LogP contribution in [0.25, 0.3) is 0 Å². The molecule has 0 aliphatic rings. The number of halogens is 1. The van der Waals surface area contributed by atoms with Crippen LogP contribution in [0.5, 0.6) is 0 Å². The van der Waals surface area contributed by atoms with Crippen LogP contribution in [0.3, 0.4) is 0 Å². The van der Waals surface area contributed by atoms with Gasteiger partial charge in [0.05, 0.1) is 11.4 Å². The van der Waals surface area contributed by atoms with Crippen LogP contribution in [0.15, 0.2) is 6.20 Å². The van der Waals surface area contributed by atoms with Gasteiger partial charge in [0.25, 0.3) is 0 Å². The highest BCUT2D eigenvalue weighted by molar-refractivity contribution is 6.18. The highest BCUT2D eigenvalue weighted by Gasteiger charge is 2.25. The fourth-order valence-electron chi connectivity index (χ4n) is 1.22. The minimum absolute atomic E-state index is 0.116. The molecule has 0 saturated carbocycles. The molecule has 1 heterocycles. The Balaban J connectivity index is 3.10. The van der Waals surface area contributed by atoms with Gasteiger partial charge in [-0.1, -0.05) is 0 Å². The van der Waals surface area contributed by atoms with Crippen LogP contribution in [-0.2, 0) is 0 Å². The zero-order valence-corrected chi connectivity index (χ0v) is 10.8. The molecule has 3 nitrogen and oxygen atoms in total. The topological polar surface area (TPSA) is 29.0 Å². The van der Waals surface area contributed by atoms with E-state index >= 15 is 0 Å². The smallest absolute Gasteiger partial charge is 0.150 e. The number of hydrogen-bond donors (Lipinski definition) is 0. The van der Waals surface area contributed by atoms with Gasteiger partial charge < -0.3 is 4.90 Å². The van der Waals surface area contributed by atoms with Crippen molar-refractivity contribution in [1.29, 1.82) is 0 Å². The summed E-state index contributed by atoms with van der Waals surface area (Å²) in [7, 11) is 2.00. The molecule has 1 rings (SSSR count). The van der Waals surface area contributed by atoms with E-state index in [2.05, 4.69) is 28.7 Å². The third-order valence-electron chi connectivity index (χ3n) is 2.60. The van der Waals surface area contributed by atoms with Crippen LogP contribution >= 0.6 is 11.6 Å². The summed E-state index contributed by atoms with van der Waals surface area (Å²) in [6.45, 7) is 8.08. The summed E-state index contributed by atoms with van der Waals surface area (Å²) in [5, 5.41) is 0. The van der Waals surface area contributed by atoms with Gasteiger partial charge in [-0.05, 0) is 27.7 Å². The number of hydrogen-bond acceptors (Lipinski definition) is 3. The average molecular weight is 228 g/mol. The van der Waals surface area contributed by atoms with Crippen molar-refractivity contribution < 1.29 is 0 Å². The summed E-state index contributed by atoms with van der Waals surface area (Å²) in [5.74, 6) is 1.46. The van der Waals surface area contributed by atoms with Gasteiger partial charge in [-0.2, -0.15) is 0 Å². The van der Waals surface area contributed by atoms with Crippen molar-refractivity contribution in [2.45, 2.75) is 33.2 Å². The van der Waals surface area contributed by atoms with Crippen molar-refractivity contribution in [3.63, 3.8) is 0 Å². The number of aromatic nitrogens is 2. The summed E-state index contributed by atoms with van der Waals surface area (Å²) >= 11 is 5.94. The first-order chi connectivity index (χ1) is 6.88. The standard InChI is InChI=1S/C11H18ClN3/c1-8-6-13-9(2)10(14-8)15(5)11(3,4)7-12/h6H,7H2,1-5H3. The van der Waals surface area contributed by atoms with Crippen molar-refractivity contribution in [2.24, 2.45) is 0 Å². The highest BCUT2D eigenvalue weighted by atomic mass is 35.5. The van der Waals surface area contributed by atoms with E-state index in [-0.39, 0.29) is 5.54 Å². The molecule has 4 heteroatoms. The first-order valence-corrected chi connectivity index (χ1v) is 5.52. The SMILES string of the molecule is Cc1cnc(C)c(N(C)C(C)(C)CCl)n1. The van der Waals surface area contributed by atoms with Crippen molar-refractivity contribution in [3.8, 4) is 0 Å². The summed E-state index contributed by atoms with van der Waals surface area (Å²) in [4.78, 5) is 10.9. The summed E-state index contributed by atoms with van der Waals surface area (Å²) in [6.07, 6.45) is 1.78. The molecular weight excluding hydrogens is 210 g/mol. The molecule has 15 heavy (non-hydrogen) atoms. The van der Waals surface area contributed by atoms with Crippen LogP contribution in [0.2, 0.25) is 0 Å². The van der Waals surface area contributed by atoms with Crippen molar-refractivity contribution in [1.82, 2.24) is 9.97 Å². The minimum atomic E-state index is -0.116. The van der Waals surface area contributed by atoms with Crippen LogP contribution in [0, 0.1) is 13.8 Å². The lowest BCUT2D eigenvalue weighted by atomic mass is 10.1. The summed E-state index contributed by atoms with van der Waals surface area (Å²) in [6, 6.07) is 0. The lowest BCUT2D eigenvalue weighted by Crippen LogP contribution is -2.43. The van der Waals surface area contributed by atoms with Gasteiger partial charge in [0.2, 0.25) is 0 Å². The van der Waals surface area contributed by atoms with Crippen molar-refractivity contribution in [3.05, 3.63) is 17.6 Å². The van der Waals surface area contributed by atoms with E-state index in [0.29, 0.717) is 5.88 Å². The van der Waals surface area contributed by atoms with E-state index in [1.807, 2.05) is 20.9 Å². The summed E-state index contributed by atoms with van der Waals surface area (Å²) in [5.41, 5.74) is 1.74. The molecule has 0 aliphatic carbocycles. The second-order valence-corrected chi connectivity index (χ2v) is 4.69. The van der Waals surface area contributed by atoms with Gasteiger partial charge >= 0.3 is 0 Å². The van der Waals surface area contributed by atoms with E-state index in [9.17, 15) is 0 Å². The van der Waals surface area contributed by atoms with Crippen LogP contribution < -0.4 is 4.90 Å². The van der Waals surface area contributed by atoms with Gasteiger partial charge in [0, 0.05) is 24.7 Å². The number of anilines is 1. The quantitative estimate of drug-likeness (QED) is 0.744. The predicted molar refractivity (Wildman–Crippen MR) is 64.7 cm³/mol. The van der Waals surface area contributed by atoms with Crippen LogP contribution in [0.1, 0.15) is 25.2 Å². The Morgan fingerprint density at radius 3 is 2.53 bits per heavy atom. The second-order valence-electron chi connectivity index (χ2n) is 4.43. The molecule has 0 atom stereocenters. The Morgan fingerprint density at radius 1 is 1.40 bits per heavy atom. The van der Waals surface area contributed by atoms with Crippen LogP contribution in [-0.4, -0.2) is 28.4 Å². The molecular formula is C11H18ClN3. The maximum atomic E-state index is 5.94. The highest BCUT2D eigenvalue weighted by Crippen LogP contribution is 2.23. The number of nitrogens with zero attached hydrogens (tertiary/aromatic N) is 3. The first kappa shape index (κ1) is 12.2. The molecule has 0 fully saturated rings. The molecule has 0 N–H and O–H groups in total. The Labute approximate surface area is 96.5 Å². The molecule has 1 aromatic heterocycles. The largest absolute Gasteiger partial charge is 0.352 e. The fourth-order valence-corrected chi connectivity index (χ4v) is 1.40. The molecule has 0 aromatic carbocycles. The first-order valence-electron chi connectivity index (χ1n) is 4.98. The molecule has 0 radical (unpaired) electrons. The Morgan fingerprint density at radius 2 is 2.00 bits per heavy atom. The third kappa shape index (κ3) is 2.59. The Kier molecular flexibility index (Phi) is 3.55. The second kappa shape index (κ2) is 4.35. The van der Waals surface area contributed by atoms with E-state index < -0.39 is 0 Å². The molecule has 0 unspecified atom stereocenters. The Hall–Kier alpha value is -0.830. The zero-order valence-electron chi connectivity index (χ0n) is 10.0. The lowest BCUT2D eigenvalue weighted by Gasteiger charge is -2.35. The third-order valence-corrected chi connectivity index (χ3v) is 3.26. The molecule has 0 saturated heterocycles. The Bertz CT molecular complexity index is 350. The molecule has 0 bridgehead atoms. The molecule has 1 aromatic rings. The number of rotatable bonds is 3. The minimum Gasteiger partial charge on any atom is -0.352 e. The van der Waals surface area contributed by atoms with E-state index in [0.717, 1.165) is 17.2 Å². The average Bonchev–Trinajstić information content (AvgIpc) is 2.20. The molecule has 0 amide bonds. The zero-order chi connectivity index (χ0) is 11.6. The molecule has 0 spiro atoms. The van der Waals surface area contributed by atoms with Gasteiger partial charge in [-0.15, -0.1) is 11.6 Å². The van der Waals surface area contributed by atoms with E-state index in [4.69, 9.17) is 11.6 Å². The van der Waals surface area contributed by atoms with Gasteiger partial charge in [0.15, 0.2) is 5.82 Å². The fraction of sp³-hybridized carbons (Fsp3) is 0.636. The normalized spacial score (nSPS) is 11.6. The van der Waals surface area contributed by atoms with Crippen LogP contribution in [0.4, 0.5) is 5.82 Å². The van der Waals surface area contributed by atoms with Gasteiger partial charge in [-0.3, -0.25) is 4.98 Å². The van der Waals surface area contributed by atoms with Crippen molar-refractivity contribution in [2.75, 3.05) is 17.8 Å². The lowest BCUT2D eigenvalue weighted by molar-refractivity contribution is 0.537. The predicted octanol–water partition coefficient (Wildman–Crippen LogP) is 2.55. The van der Waals surface area contributed by atoms with Crippen molar-refractivity contribution >= 4 is 17.4 Å². The number of alkyl halides is 1. The van der Waals surface area contributed by atoms with E-state index in [1.54, 1.807) is 6.20 Å². The number of aryl methyl sites for hydroxylation is 2. The molecule has 0 aliphatic heterocycles.